The molecule has 0 unspecified atom stereocenters. The number of H-pyrrole nitrogens is 1. The molecule has 1 atom stereocenters. The maximum Gasteiger partial charge on any atom is 0.348 e. The van der Waals surface area contributed by atoms with Gasteiger partial charge in [0.2, 0.25) is 0 Å². The second kappa shape index (κ2) is 9.97. The van der Waals surface area contributed by atoms with E-state index in [1.165, 1.54) is 7.11 Å². The number of hydrogen-bond acceptors (Lipinski definition) is 7. The second-order valence-electron chi connectivity index (χ2n) is 7.34. The van der Waals surface area contributed by atoms with Crippen LogP contribution in [0.3, 0.4) is 0 Å². The molecule has 0 amide bonds. The third-order valence-corrected chi connectivity index (χ3v) is 6.10. The highest BCUT2D eigenvalue weighted by atomic mass is 32.1. The van der Waals surface area contributed by atoms with Crippen LogP contribution in [0.5, 0.6) is 0 Å². The number of esters is 1. The summed E-state index contributed by atoms with van der Waals surface area (Å²) in [5.41, 5.74) is 1.43. The lowest BCUT2D eigenvalue weighted by Crippen LogP contribution is -2.33. The molecule has 0 fully saturated rings. The van der Waals surface area contributed by atoms with Crippen molar-refractivity contribution < 1.29 is 14.6 Å². The average molecular weight is 430 g/mol. The molecule has 1 aromatic carbocycles. The van der Waals surface area contributed by atoms with E-state index in [1.807, 2.05) is 37.3 Å². The Morgan fingerprint density at radius 1 is 1.30 bits per heavy atom. The molecule has 0 spiro atoms. The summed E-state index contributed by atoms with van der Waals surface area (Å²) in [4.78, 5) is 35.1. The highest BCUT2D eigenvalue weighted by molar-refractivity contribution is 7.20. The fourth-order valence-corrected chi connectivity index (χ4v) is 4.63. The number of fused-ring (bicyclic) bond motifs is 1. The van der Waals surface area contributed by atoms with E-state index >= 15 is 0 Å². The van der Waals surface area contributed by atoms with E-state index in [1.54, 1.807) is 6.92 Å². The molecule has 30 heavy (non-hydrogen) atoms. The highest BCUT2D eigenvalue weighted by Crippen LogP contribution is 2.27. The number of carbonyl (C=O) groups excluding carboxylic acids is 1. The molecule has 0 bridgehead atoms. The lowest BCUT2D eigenvalue weighted by atomic mass is 10.1. The number of nitrogens with one attached hydrogen (secondary N) is 1. The largest absolute Gasteiger partial charge is 0.465 e. The van der Waals surface area contributed by atoms with Gasteiger partial charge in [-0.3, -0.25) is 9.69 Å². The number of ether oxygens (including phenoxy) is 1. The van der Waals surface area contributed by atoms with Crippen LogP contribution in [-0.4, -0.2) is 45.7 Å². The van der Waals surface area contributed by atoms with Gasteiger partial charge in [0.05, 0.1) is 25.1 Å². The standard InChI is InChI=1S/C22H27N3O4S/c1-4-8-16(26)12-25(11-15-9-6-5-7-10-15)13-17-23-20(27)18-14(2)19(22(28)29-3)30-21(18)24-17/h5-7,9-10,16,26H,4,8,11-13H2,1-3H3,(H,23,24,27)/t16-/m0/s1. The maximum atomic E-state index is 12.7. The zero-order valence-electron chi connectivity index (χ0n) is 17.5. The zero-order chi connectivity index (χ0) is 21.7. The molecule has 0 aliphatic rings. The fraction of sp³-hybridized carbons (Fsp3) is 0.409. The summed E-state index contributed by atoms with van der Waals surface area (Å²) in [6.45, 7) is 5.24. The number of carbonyl (C=O) groups is 1. The minimum atomic E-state index is -0.468. The summed E-state index contributed by atoms with van der Waals surface area (Å²) >= 11 is 1.16. The Morgan fingerprint density at radius 2 is 2.03 bits per heavy atom. The number of aromatic amines is 1. The Labute approximate surface area is 179 Å². The molecule has 2 heterocycles. The molecule has 0 aliphatic heterocycles. The Morgan fingerprint density at radius 3 is 2.70 bits per heavy atom. The van der Waals surface area contributed by atoms with E-state index in [0.29, 0.717) is 52.5 Å². The third-order valence-electron chi connectivity index (χ3n) is 4.93. The summed E-state index contributed by atoms with van der Waals surface area (Å²) in [6.07, 6.45) is 1.15. The molecule has 160 valence electrons. The maximum absolute atomic E-state index is 12.7. The lowest BCUT2D eigenvalue weighted by Gasteiger charge is -2.24. The van der Waals surface area contributed by atoms with Crippen molar-refractivity contribution in [2.75, 3.05) is 13.7 Å². The molecule has 2 N–H and O–H groups in total. The van der Waals surface area contributed by atoms with Crippen LogP contribution in [0.4, 0.5) is 0 Å². The molecular formula is C22H27N3O4S. The van der Waals surface area contributed by atoms with Crippen molar-refractivity contribution in [1.82, 2.24) is 14.9 Å². The van der Waals surface area contributed by atoms with Crippen molar-refractivity contribution in [3.8, 4) is 0 Å². The number of rotatable bonds is 9. The van der Waals surface area contributed by atoms with Gasteiger partial charge in [-0.15, -0.1) is 11.3 Å². The van der Waals surface area contributed by atoms with Crippen molar-refractivity contribution in [3.05, 3.63) is 62.5 Å². The Kier molecular flexibility index (Phi) is 7.36. The van der Waals surface area contributed by atoms with E-state index < -0.39 is 12.1 Å². The van der Waals surface area contributed by atoms with Crippen LogP contribution >= 0.6 is 11.3 Å². The molecule has 0 radical (unpaired) electrons. The number of hydrogen-bond donors (Lipinski definition) is 2. The monoisotopic (exact) mass is 429 g/mol. The Hall–Kier alpha value is -2.55. The Balaban J connectivity index is 1.90. The van der Waals surface area contributed by atoms with Gasteiger partial charge in [0.25, 0.3) is 5.56 Å². The van der Waals surface area contributed by atoms with Gasteiger partial charge in [-0.2, -0.15) is 0 Å². The van der Waals surface area contributed by atoms with Gasteiger partial charge in [0.1, 0.15) is 15.5 Å². The van der Waals surface area contributed by atoms with Gasteiger partial charge in [0, 0.05) is 13.1 Å². The minimum Gasteiger partial charge on any atom is -0.465 e. The van der Waals surface area contributed by atoms with E-state index in [4.69, 9.17) is 4.74 Å². The quantitative estimate of drug-likeness (QED) is 0.507. The number of aliphatic hydroxyl groups excluding tert-OH is 1. The van der Waals surface area contributed by atoms with Gasteiger partial charge in [0.15, 0.2) is 0 Å². The van der Waals surface area contributed by atoms with Crippen molar-refractivity contribution in [2.45, 2.75) is 45.9 Å². The SMILES string of the molecule is CCC[C@H](O)CN(Cc1ccccc1)Cc1nc2sc(C(=O)OC)c(C)c2c(=O)[nH]1. The minimum absolute atomic E-state index is 0.271. The van der Waals surface area contributed by atoms with Gasteiger partial charge >= 0.3 is 5.97 Å². The number of aromatic nitrogens is 2. The Bertz CT molecular complexity index is 1060. The van der Waals surface area contributed by atoms with Crippen LogP contribution in [-0.2, 0) is 17.8 Å². The molecule has 2 aromatic heterocycles. The van der Waals surface area contributed by atoms with Crippen molar-refractivity contribution in [2.24, 2.45) is 0 Å². The number of methoxy groups -OCH3 is 1. The number of benzene rings is 1. The van der Waals surface area contributed by atoms with Gasteiger partial charge in [-0.1, -0.05) is 43.7 Å². The molecule has 0 saturated heterocycles. The first kappa shape index (κ1) is 22.1. The summed E-state index contributed by atoms with van der Waals surface area (Å²) in [5, 5.41) is 10.8. The lowest BCUT2D eigenvalue weighted by molar-refractivity contribution is 0.0605. The predicted molar refractivity (Wildman–Crippen MR) is 118 cm³/mol. The molecule has 3 aromatic rings. The van der Waals surface area contributed by atoms with Crippen LogP contribution in [0.25, 0.3) is 10.2 Å². The number of aryl methyl sites for hydroxylation is 1. The van der Waals surface area contributed by atoms with Crippen LogP contribution in [0.2, 0.25) is 0 Å². The normalized spacial score (nSPS) is 12.4. The average Bonchev–Trinajstić information content (AvgIpc) is 3.05. The first-order valence-electron chi connectivity index (χ1n) is 9.97. The fourth-order valence-electron chi connectivity index (χ4n) is 3.51. The number of aliphatic hydroxyl groups is 1. The summed E-state index contributed by atoms with van der Waals surface area (Å²) in [7, 11) is 1.32. The van der Waals surface area contributed by atoms with Crippen LogP contribution in [0.1, 0.15) is 46.4 Å². The molecule has 3 rings (SSSR count). The summed E-state index contributed by atoms with van der Waals surface area (Å²) < 4.78 is 4.81. The summed E-state index contributed by atoms with van der Waals surface area (Å²) in [6, 6.07) is 9.98. The highest BCUT2D eigenvalue weighted by Gasteiger charge is 2.21. The van der Waals surface area contributed by atoms with E-state index in [-0.39, 0.29) is 5.56 Å². The van der Waals surface area contributed by atoms with Crippen molar-refractivity contribution in [3.63, 3.8) is 0 Å². The molecule has 0 saturated carbocycles. The van der Waals surface area contributed by atoms with Crippen LogP contribution < -0.4 is 5.56 Å². The number of nitrogens with zero attached hydrogens (tertiary/aromatic N) is 2. The topological polar surface area (TPSA) is 95.5 Å². The number of thiophene rings is 1. The van der Waals surface area contributed by atoms with E-state index in [9.17, 15) is 14.7 Å². The smallest absolute Gasteiger partial charge is 0.348 e. The molecule has 7 nitrogen and oxygen atoms in total. The second-order valence-corrected chi connectivity index (χ2v) is 8.34. The van der Waals surface area contributed by atoms with Crippen LogP contribution in [0.15, 0.2) is 35.1 Å². The predicted octanol–water partition coefficient (Wildman–Crippen LogP) is 3.24. The first-order chi connectivity index (χ1) is 14.4. The first-order valence-corrected chi connectivity index (χ1v) is 10.8. The molecule has 8 heteroatoms. The summed E-state index contributed by atoms with van der Waals surface area (Å²) in [5.74, 6) is 0.0367. The van der Waals surface area contributed by atoms with E-state index in [2.05, 4.69) is 14.9 Å². The zero-order valence-corrected chi connectivity index (χ0v) is 18.3. The third kappa shape index (κ3) is 5.13. The van der Waals surface area contributed by atoms with Crippen LogP contribution in [0, 0.1) is 6.92 Å². The molecule has 0 aliphatic carbocycles. The van der Waals surface area contributed by atoms with E-state index in [0.717, 1.165) is 23.3 Å². The van der Waals surface area contributed by atoms with Gasteiger partial charge in [-0.25, -0.2) is 9.78 Å². The van der Waals surface area contributed by atoms with Gasteiger partial charge in [-0.05, 0) is 24.5 Å². The molecular weight excluding hydrogens is 402 g/mol. The van der Waals surface area contributed by atoms with Crippen molar-refractivity contribution in [1.29, 1.82) is 0 Å². The van der Waals surface area contributed by atoms with Crippen molar-refractivity contribution >= 4 is 27.5 Å². The van der Waals surface area contributed by atoms with Gasteiger partial charge < -0.3 is 14.8 Å².